The minimum atomic E-state index is 0.135. The van der Waals surface area contributed by atoms with E-state index in [1.54, 1.807) is 0 Å². The van der Waals surface area contributed by atoms with Crippen LogP contribution >= 0.6 is 23.3 Å². The van der Waals surface area contributed by atoms with Crippen LogP contribution in [0.5, 0.6) is 0 Å². The van der Waals surface area contributed by atoms with Crippen LogP contribution in [0.4, 0.5) is 0 Å². The standard InChI is InChI=1S/C13H14N2OS2/c1-3-10-4-6-11(7-5-10)12(16)8-17-13-14-9(2)15-18-13/h4-7H,3,8H2,1-2H3. The van der Waals surface area contributed by atoms with Crippen molar-refractivity contribution >= 4 is 29.1 Å². The van der Waals surface area contributed by atoms with Crippen molar-refractivity contribution in [1.82, 2.24) is 9.36 Å². The minimum Gasteiger partial charge on any atom is -0.293 e. The summed E-state index contributed by atoms with van der Waals surface area (Å²) in [6.45, 7) is 3.95. The number of Topliss-reactive ketones (excluding diaryl/α,β-unsaturated/α-hetero) is 1. The molecule has 1 aromatic heterocycles. The molecule has 0 aliphatic carbocycles. The lowest BCUT2D eigenvalue weighted by molar-refractivity contribution is 0.102. The molecule has 0 radical (unpaired) electrons. The zero-order valence-corrected chi connectivity index (χ0v) is 12.0. The predicted molar refractivity (Wildman–Crippen MR) is 75.5 cm³/mol. The van der Waals surface area contributed by atoms with Gasteiger partial charge in [0, 0.05) is 5.56 Å². The predicted octanol–water partition coefficient (Wildman–Crippen LogP) is 3.38. The van der Waals surface area contributed by atoms with Gasteiger partial charge in [-0.25, -0.2) is 4.98 Å². The maximum absolute atomic E-state index is 12.0. The van der Waals surface area contributed by atoms with Gasteiger partial charge >= 0.3 is 0 Å². The molecule has 2 rings (SSSR count). The van der Waals surface area contributed by atoms with E-state index in [-0.39, 0.29) is 5.78 Å². The first-order chi connectivity index (χ1) is 8.69. The van der Waals surface area contributed by atoms with E-state index < -0.39 is 0 Å². The van der Waals surface area contributed by atoms with Crippen molar-refractivity contribution in [1.29, 1.82) is 0 Å². The number of hydrogen-bond donors (Lipinski definition) is 0. The van der Waals surface area contributed by atoms with E-state index >= 15 is 0 Å². The fourth-order valence-corrected chi connectivity index (χ4v) is 3.01. The molecule has 18 heavy (non-hydrogen) atoms. The number of aryl methyl sites for hydroxylation is 2. The second kappa shape index (κ2) is 6.11. The lowest BCUT2D eigenvalue weighted by Gasteiger charge is -2.01. The van der Waals surface area contributed by atoms with E-state index in [0.29, 0.717) is 5.75 Å². The van der Waals surface area contributed by atoms with Crippen molar-refractivity contribution in [2.45, 2.75) is 24.6 Å². The van der Waals surface area contributed by atoms with Gasteiger partial charge in [-0.3, -0.25) is 4.79 Å². The van der Waals surface area contributed by atoms with Gasteiger partial charge in [0.05, 0.1) is 5.75 Å². The van der Waals surface area contributed by atoms with E-state index in [2.05, 4.69) is 16.3 Å². The first kappa shape index (κ1) is 13.2. The third-order valence-corrected chi connectivity index (χ3v) is 4.44. The molecule has 0 amide bonds. The van der Waals surface area contributed by atoms with Crippen LogP contribution in [0, 0.1) is 6.92 Å². The first-order valence-corrected chi connectivity index (χ1v) is 7.50. The normalized spacial score (nSPS) is 10.6. The van der Waals surface area contributed by atoms with Gasteiger partial charge in [-0.1, -0.05) is 43.0 Å². The number of carbonyl (C=O) groups excluding carboxylic acids is 1. The Bertz CT molecular complexity index is 534. The Labute approximate surface area is 115 Å². The molecule has 1 heterocycles. The average Bonchev–Trinajstić information content (AvgIpc) is 2.82. The molecule has 0 N–H and O–H groups in total. The molecule has 0 unspecified atom stereocenters. The van der Waals surface area contributed by atoms with Gasteiger partial charge in [-0.05, 0) is 30.4 Å². The molecule has 5 heteroatoms. The summed E-state index contributed by atoms with van der Waals surface area (Å²) in [6.07, 6.45) is 0.993. The molecule has 0 saturated heterocycles. The number of nitrogens with zero attached hydrogens (tertiary/aromatic N) is 2. The molecule has 0 aliphatic rings. The summed E-state index contributed by atoms with van der Waals surface area (Å²) in [6, 6.07) is 7.81. The van der Waals surface area contributed by atoms with Crippen LogP contribution in [0.25, 0.3) is 0 Å². The monoisotopic (exact) mass is 278 g/mol. The average molecular weight is 278 g/mol. The van der Waals surface area contributed by atoms with Crippen molar-refractivity contribution in [3.05, 3.63) is 41.2 Å². The zero-order chi connectivity index (χ0) is 13.0. The van der Waals surface area contributed by atoms with Crippen LogP contribution in [-0.4, -0.2) is 20.9 Å². The quantitative estimate of drug-likeness (QED) is 0.621. The number of hydrogen-bond acceptors (Lipinski definition) is 5. The van der Waals surface area contributed by atoms with Gasteiger partial charge in [-0.15, -0.1) is 0 Å². The number of ketones is 1. The Kier molecular flexibility index (Phi) is 4.49. The summed E-state index contributed by atoms with van der Waals surface area (Å²) in [7, 11) is 0. The Balaban J connectivity index is 1.94. The molecule has 0 spiro atoms. The van der Waals surface area contributed by atoms with Gasteiger partial charge in [0.25, 0.3) is 0 Å². The summed E-state index contributed by atoms with van der Waals surface area (Å²) in [5.74, 6) is 1.32. The Hall–Kier alpha value is -1.20. The Morgan fingerprint density at radius 1 is 1.33 bits per heavy atom. The van der Waals surface area contributed by atoms with Crippen LogP contribution in [0.3, 0.4) is 0 Å². The third kappa shape index (κ3) is 3.40. The summed E-state index contributed by atoms with van der Waals surface area (Å²) < 4.78 is 4.94. The van der Waals surface area contributed by atoms with Crippen LogP contribution < -0.4 is 0 Å². The van der Waals surface area contributed by atoms with Crippen LogP contribution in [0.2, 0.25) is 0 Å². The molecule has 0 aliphatic heterocycles. The van der Waals surface area contributed by atoms with Crippen molar-refractivity contribution < 1.29 is 4.79 Å². The fraction of sp³-hybridized carbons (Fsp3) is 0.308. The number of rotatable bonds is 5. The van der Waals surface area contributed by atoms with Gasteiger partial charge in [0.1, 0.15) is 5.82 Å². The molecule has 1 aromatic carbocycles. The smallest absolute Gasteiger partial charge is 0.173 e. The first-order valence-electron chi connectivity index (χ1n) is 5.74. The van der Waals surface area contributed by atoms with Gasteiger partial charge < -0.3 is 0 Å². The molecule has 94 valence electrons. The van der Waals surface area contributed by atoms with Crippen LogP contribution in [0.15, 0.2) is 28.6 Å². The summed E-state index contributed by atoms with van der Waals surface area (Å²) >= 11 is 2.79. The fourth-order valence-electron chi connectivity index (χ4n) is 1.47. The van der Waals surface area contributed by atoms with Gasteiger partial charge in [0.15, 0.2) is 10.1 Å². The summed E-state index contributed by atoms with van der Waals surface area (Å²) in [5, 5.41) is 0. The molecule has 2 aromatic rings. The lowest BCUT2D eigenvalue weighted by atomic mass is 10.1. The van der Waals surface area contributed by atoms with Crippen molar-refractivity contribution in [3.8, 4) is 0 Å². The molecule has 0 fully saturated rings. The summed E-state index contributed by atoms with van der Waals surface area (Å²) in [4.78, 5) is 16.2. The zero-order valence-electron chi connectivity index (χ0n) is 10.3. The molecular formula is C13H14N2OS2. The topological polar surface area (TPSA) is 42.9 Å². The highest BCUT2D eigenvalue weighted by Gasteiger charge is 2.08. The number of carbonyl (C=O) groups is 1. The van der Waals surface area contributed by atoms with Crippen LogP contribution in [0.1, 0.15) is 28.7 Å². The largest absolute Gasteiger partial charge is 0.293 e. The Morgan fingerprint density at radius 2 is 2.06 bits per heavy atom. The molecular weight excluding hydrogens is 264 g/mol. The van der Waals surface area contributed by atoms with Crippen molar-refractivity contribution in [2.24, 2.45) is 0 Å². The third-order valence-electron chi connectivity index (χ3n) is 2.52. The van der Waals surface area contributed by atoms with Gasteiger partial charge in [-0.2, -0.15) is 4.37 Å². The van der Waals surface area contributed by atoms with E-state index in [1.165, 1.54) is 28.9 Å². The van der Waals surface area contributed by atoms with E-state index in [1.807, 2.05) is 31.2 Å². The molecule has 0 saturated carbocycles. The maximum Gasteiger partial charge on any atom is 0.173 e. The SMILES string of the molecule is CCc1ccc(C(=O)CSc2nc(C)ns2)cc1. The second-order valence-corrected chi connectivity index (χ2v) is 5.84. The van der Waals surface area contributed by atoms with Crippen LogP contribution in [-0.2, 0) is 6.42 Å². The van der Waals surface area contributed by atoms with E-state index in [9.17, 15) is 4.79 Å². The summed E-state index contributed by atoms with van der Waals surface area (Å²) in [5.41, 5.74) is 2.01. The lowest BCUT2D eigenvalue weighted by Crippen LogP contribution is -2.02. The number of aromatic nitrogens is 2. The van der Waals surface area contributed by atoms with E-state index in [0.717, 1.165) is 22.1 Å². The number of thioether (sulfide) groups is 1. The van der Waals surface area contributed by atoms with E-state index in [4.69, 9.17) is 0 Å². The molecule has 3 nitrogen and oxygen atoms in total. The second-order valence-electron chi connectivity index (χ2n) is 3.87. The molecule has 0 bridgehead atoms. The van der Waals surface area contributed by atoms with Gasteiger partial charge in [0.2, 0.25) is 0 Å². The number of benzene rings is 1. The van der Waals surface area contributed by atoms with Crippen molar-refractivity contribution in [3.63, 3.8) is 0 Å². The Morgan fingerprint density at radius 3 is 2.61 bits per heavy atom. The van der Waals surface area contributed by atoms with Crippen molar-refractivity contribution in [2.75, 3.05) is 5.75 Å². The highest BCUT2D eigenvalue weighted by Crippen LogP contribution is 2.21. The highest BCUT2D eigenvalue weighted by molar-refractivity contribution is 8.01. The molecule has 0 atom stereocenters. The maximum atomic E-state index is 12.0. The highest BCUT2D eigenvalue weighted by atomic mass is 32.2. The minimum absolute atomic E-state index is 0.135.